The van der Waals surface area contributed by atoms with E-state index in [4.69, 9.17) is 0 Å². The van der Waals surface area contributed by atoms with E-state index in [0.29, 0.717) is 11.7 Å². The maximum atomic E-state index is 12.1. The highest BCUT2D eigenvalue weighted by Gasteiger charge is 2.08. The summed E-state index contributed by atoms with van der Waals surface area (Å²) < 4.78 is 0.907. The number of hydrogen-bond donors (Lipinski definition) is 1. The number of thioether (sulfide) groups is 1. The molecule has 3 aromatic rings. The zero-order valence-electron chi connectivity index (χ0n) is 14.2. The molecule has 1 amide bonds. The molecule has 0 unspecified atom stereocenters. The summed E-state index contributed by atoms with van der Waals surface area (Å²) in [6.45, 7) is 4.31. The maximum absolute atomic E-state index is 12.1. The Hall–Kier alpha value is -2.11. The highest BCUT2D eigenvalue weighted by molar-refractivity contribution is 8.01. The maximum Gasteiger partial charge on any atom is 0.234 e. The molecule has 0 radical (unpaired) electrons. The zero-order valence-corrected chi connectivity index (χ0v) is 15.9. The number of hydrogen-bond acceptors (Lipinski definition) is 4. The molecule has 2 aromatic carbocycles. The van der Waals surface area contributed by atoms with Gasteiger partial charge in [0.05, 0.1) is 11.4 Å². The second-order valence-electron chi connectivity index (χ2n) is 5.98. The number of nitrogens with zero attached hydrogens (tertiary/aromatic N) is 1. The van der Waals surface area contributed by atoms with Gasteiger partial charge in [0.25, 0.3) is 0 Å². The number of benzene rings is 2. The summed E-state index contributed by atoms with van der Waals surface area (Å²) in [7, 11) is 0. The van der Waals surface area contributed by atoms with Crippen LogP contribution in [0.5, 0.6) is 0 Å². The molecular weight excluding hydrogens is 348 g/mol. The summed E-state index contributed by atoms with van der Waals surface area (Å²) in [6, 6.07) is 18.1. The van der Waals surface area contributed by atoms with Gasteiger partial charge in [0.15, 0.2) is 4.34 Å². The predicted octanol–water partition coefficient (Wildman–Crippen LogP) is 5.66. The minimum absolute atomic E-state index is 0.0150. The van der Waals surface area contributed by atoms with Crippen LogP contribution in [0.3, 0.4) is 0 Å². The largest absolute Gasteiger partial charge is 0.325 e. The molecule has 1 N–H and O–H groups in total. The zero-order chi connectivity index (χ0) is 17.6. The van der Waals surface area contributed by atoms with Crippen LogP contribution in [0, 0.1) is 0 Å². The molecule has 0 saturated heterocycles. The summed E-state index contributed by atoms with van der Waals surface area (Å²) in [5.41, 5.74) is 4.15. The first kappa shape index (κ1) is 17.7. The molecule has 5 heteroatoms. The molecular formula is C20H20N2OS2. The van der Waals surface area contributed by atoms with Gasteiger partial charge in [0.1, 0.15) is 0 Å². The lowest BCUT2D eigenvalue weighted by Crippen LogP contribution is -2.13. The van der Waals surface area contributed by atoms with E-state index >= 15 is 0 Å². The Kier molecular flexibility index (Phi) is 5.89. The van der Waals surface area contributed by atoms with E-state index < -0.39 is 0 Å². The van der Waals surface area contributed by atoms with E-state index in [0.717, 1.165) is 21.3 Å². The van der Waals surface area contributed by atoms with E-state index in [-0.39, 0.29) is 5.91 Å². The third kappa shape index (κ3) is 4.94. The molecule has 1 aromatic heterocycles. The molecule has 0 spiro atoms. The normalized spacial score (nSPS) is 10.8. The van der Waals surface area contributed by atoms with Gasteiger partial charge in [-0.3, -0.25) is 4.79 Å². The molecule has 0 aliphatic carbocycles. The van der Waals surface area contributed by atoms with Crippen molar-refractivity contribution in [2.24, 2.45) is 0 Å². The fourth-order valence-electron chi connectivity index (χ4n) is 2.34. The Balaban J connectivity index is 1.53. The van der Waals surface area contributed by atoms with Crippen LogP contribution in [0.15, 0.2) is 64.3 Å². The number of nitrogens with one attached hydrogen (secondary N) is 1. The van der Waals surface area contributed by atoms with Gasteiger partial charge in [-0.1, -0.05) is 68.1 Å². The van der Waals surface area contributed by atoms with Crippen molar-refractivity contribution in [3.05, 3.63) is 65.5 Å². The lowest BCUT2D eigenvalue weighted by molar-refractivity contribution is -0.113. The molecule has 128 valence electrons. The van der Waals surface area contributed by atoms with Gasteiger partial charge in [-0.2, -0.15) is 0 Å². The first-order valence-corrected chi connectivity index (χ1v) is 10.0. The van der Waals surface area contributed by atoms with Gasteiger partial charge >= 0.3 is 0 Å². The molecule has 0 atom stereocenters. The van der Waals surface area contributed by atoms with E-state index in [1.54, 1.807) is 11.3 Å². The number of aromatic nitrogens is 1. The Labute approximate surface area is 156 Å². The van der Waals surface area contributed by atoms with Crippen molar-refractivity contribution >= 4 is 34.7 Å². The van der Waals surface area contributed by atoms with E-state index in [1.807, 2.05) is 47.8 Å². The standard InChI is InChI=1S/C20H20N2OS2/c1-14(2)15-8-10-17(11-9-15)21-19(23)13-25-20-22-18(12-24-20)16-6-4-3-5-7-16/h3-12,14H,13H2,1-2H3,(H,21,23). The van der Waals surface area contributed by atoms with Crippen molar-refractivity contribution in [2.45, 2.75) is 24.1 Å². The van der Waals surface area contributed by atoms with Gasteiger partial charge in [-0.05, 0) is 23.6 Å². The van der Waals surface area contributed by atoms with Crippen LogP contribution in [-0.2, 0) is 4.79 Å². The molecule has 25 heavy (non-hydrogen) atoms. The van der Waals surface area contributed by atoms with Gasteiger partial charge in [-0.15, -0.1) is 11.3 Å². The second-order valence-corrected chi connectivity index (χ2v) is 8.06. The van der Waals surface area contributed by atoms with Crippen molar-refractivity contribution in [3.63, 3.8) is 0 Å². The van der Waals surface area contributed by atoms with Crippen LogP contribution in [0.4, 0.5) is 5.69 Å². The van der Waals surface area contributed by atoms with Crippen molar-refractivity contribution in [2.75, 3.05) is 11.1 Å². The van der Waals surface area contributed by atoms with Crippen molar-refractivity contribution in [1.82, 2.24) is 4.98 Å². The lowest BCUT2D eigenvalue weighted by atomic mass is 10.0. The molecule has 0 bridgehead atoms. The average molecular weight is 369 g/mol. The van der Waals surface area contributed by atoms with Crippen LogP contribution in [-0.4, -0.2) is 16.6 Å². The second kappa shape index (κ2) is 8.32. The number of rotatable bonds is 6. The van der Waals surface area contributed by atoms with E-state index in [2.05, 4.69) is 36.3 Å². The quantitative estimate of drug-likeness (QED) is 0.570. The topological polar surface area (TPSA) is 42.0 Å². The Bertz CT molecular complexity index is 826. The third-order valence-corrected chi connectivity index (χ3v) is 5.76. The molecule has 0 aliphatic rings. The highest BCUT2D eigenvalue weighted by atomic mass is 32.2. The SMILES string of the molecule is CC(C)c1ccc(NC(=O)CSc2nc(-c3ccccc3)cs2)cc1. The van der Waals surface area contributed by atoms with Gasteiger partial charge in [0.2, 0.25) is 5.91 Å². The predicted molar refractivity (Wildman–Crippen MR) is 107 cm³/mol. The Morgan fingerprint density at radius 3 is 2.52 bits per heavy atom. The minimum atomic E-state index is -0.0150. The summed E-state index contributed by atoms with van der Waals surface area (Å²) in [6.07, 6.45) is 0. The smallest absolute Gasteiger partial charge is 0.234 e. The van der Waals surface area contributed by atoms with E-state index in [1.165, 1.54) is 17.3 Å². The minimum Gasteiger partial charge on any atom is -0.325 e. The number of amides is 1. The molecule has 1 heterocycles. The van der Waals surface area contributed by atoms with Crippen molar-refractivity contribution in [3.8, 4) is 11.3 Å². The van der Waals surface area contributed by atoms with Crippen molar-refractivity contribution in [1.29, 1.82) is 0 Å². The van der Waals surface area contributed by atoms with Crippen LogP contribution < -0.4 is 5.32 Å². The summed E-state index contributed by atoms with van der Waals surface area (Å²) in [5, 5.41) is 4.96. The van der Waals surface area contributed by atoms with Gasteiger partial charge < -0.3 is 5.32 Å². The molecule has 0 saturated carbocycles. The first-order chi connectivity index (χ1) is 12.1. The van der Waals surface area contributed by atoms with Crippen LogP contribution in [0.1, 0.15) is 25.3 Å². The Morgan fingerprint density at radius 2 is 1.84 bits per heavy atom. The van der Waals surface area contributed by atoms with Gasteiger partial charge in [0, 0.05) is 16.6 Å². The summed E-state index contributed by atoms with van der Waals surface area (Å²) in [5.74, 6) is 0.830. The molecule has 3 rings (SSSR count). The van der Waals surface area contributed by atoms with Crippen molar-refractivity contribution < 1.29 is 4.79 Å². The van der Waals surface area contributed by atoms with Gasteiger partial charge in [-0.25, -0.2) is 4.98 Å². The molecule has 0 fully saturated rings. The molecule has 3 nitrogen and oxygen atoms in total. The van der Waals surface area contributed by atoms with Crippen LogP contribution >= 0.6 is 23.1 Å². The lowest BCUT2D eigenvalue weighted by Gasteiger charge is -2.08. The third-order valence-electron chi connectivity index (χ3n) is 3.74. The highest BCUT2D eigenvalue weighted by Crippen LogP contribution is 2.28. The van der Waals surface area contributed by atoms with Crippen LogP contribution in [0.25, 0.3) is 11.3 Å². The number of carbonyl (C=O) groups excluding carboxylic acids is 1. The Morgan fingerprint density at radius 1 is 1.12 bits per heavy atom. The van der Waals surface area contributed by atoms with Crippen LogP contribution in [0.2, 0.25) is 0 Å². The number of thiazole rings is 1. The fourth-order valence-corrected chi connectivity index (χ4v) is 3.98. The molecule has 0 aliphatic heterocycles. The average Bonchev–Trinajstić information content (AvgIpc) is 3.10. The number of anilines is 1. The summed E-state index contributed by atoms with van der Waals surface area (Å²) in [4.78, 5) is 16.7. The van der Waals surface area contributed by atoms with E-state index in [9.17, 15) is 4.79 Å². The fraction of sp³-hybridized carbons (Fsp3) is 0.200. The monoisotopic (exact) mass is 368 g/mol. The summed E-state index contributed by atoms with van der Waals surface area (Å²) >= 11 is 3.04. The number of carbonyl (C=O) groups is 1. The first-order valence-electron chi connectivity index (χ1n) is 8.15.